The number of anilines is 1. The molecule has 5 rings (SSSR count). The fourth-order valence-corrected chi connectivity index (χ4v) is 5.63. The highest BCUT2D eigenvalue weighted by atomic mass is 35.5. The van der Waals surface area contributed by atoms with Gasteiger partial charge in [0.2, 0.25) is 0 Å². The first-order valence-corrected chi connectivity index (χ1v) is 12.9. The summed E-state index contributed by atoms with van der Waals surface area (Å²) in [5, 5.41) is 21.8. The molecular formula is C31H29ClN2O4. The van der Waals surface area contributed by atoms with Crippen molar-refractivity contribution in [2.45, 2.75) is 32.1 Å². The molecule has 0 fully saturated rings. The summed E-state index contributed by atoms with van der Waals surface area (Å²) >= 11 is 6.63. The number of carbonyl (C=O) groups is 1. The Kier molecular flexibility index (Phi) is 7.00. The van der Waals surface area contributed by atoms with E-state index in [1.54, 1.807) is 31.3 Å². The molecule has 1 unspecified atom stereocenters. The summed E-state index contributed by atoms with van der Waals surface area (Å²) in [4.78, 5) is 15.4. The highest BCUT2D eigenvalue weighted by Gasteiger charge is 2.44. The number of nitrogens with one attached hydrogen (secondary N) is 1. The predicted octanol–water partition coefficient (Wildman–Crippen LogP) is 7.22. The minimum absolute atomic E-state index is 0.0279. The van der Waals surface area contributed by atoms with Gasteiger partial charge in [-0.3, -0.25) is 15.1 Å². The molecule has 38 heavy (non-hydrogen) atoms. The molecule has 0 aromatic heterocycles. The number of aryl methyl sites for hydroxylation is 1. The lowest BCUT2D eigenvalue weighted by molar-refractivity contribution is -0.116. The van der Waals surface area contributed by atoms with Gasteiger partial charge in [-0.1, -0.05) is 65.7 Å². The number of para-hydroxylation sites is 2. The third kappa shape index (κ3) is 4.25. The average Bonchev–Trinajstić information content (AvgIpc) is 2.93. The summed E-state index contributed by atoms with van der Waals surface area (Å²) in [5.74, 6) is 0.171. The largest absolute Gasteiger partial charge is 0.507 e. The highest BCUT2D eigenvalue weighted by molar-refractivity contribution is 6.34. The summed E-state index contributed by atoms with van der Waals surface area (Å²) in [6.45, 7) is 1.97. The first kappa shape index (κ1) is 25.6. The number of allylic oxidation sites excluding steroid dienone is 2. The topological polar surface area (TPSA) is 82.9 Å². The van der Waals surface area contributed by atoms with Gasteiger partial charge in [0, 0.05) is 34.4 Å². The maximum absolute atomic E-state index is 13.7. The fraction of sp³-hybridized carbons (Fsp3) is 0.226. The van der Waals surface area contributed by atoms with E-state index in [9.17, 15) is 15.3 Å². The summed E-state index contributed by atoms with van der Waals surface area (Å²) < 4.78 is 11.4. The van der Waals surface area contributed by atoms with Crippen LogP contribution in [-0.4, -0.2) is 30.9 Å². The number of ether oxygens (including phenoxy) is 2. The first-order chi connectivity index (χ1) is 18.4. The Morgan fingerprint density at radius 3 is 2.42 bits per heavy atom. The number of halogens is 1. The highest BCUT2D eigenvalue weighted by Crippen LogP contribution is 2.51. The van der Waals surface area contributed by atoms with Gasteiger partial charge in [-0.25, -0.2) is 0 Å². The molecule has 2 aliphatic rings. The Balaban J connectivity index is 1.89. The van der Waals surface area contributed by atoms with Crippen LogP contribution >= 0.6 is 11.6 Å². The van der Waals surface area contributed by atoms with Crippen LogP contribution in [0.2, 0.25) is 5.02 Å². The van der Waals surface area contributed by atoms with Gasteiger partial charge in [0.15, 0.2) is 17.3 Å². The molecule has 1 aliphatic carbocycles. The third-order valence-corrected chi connectivity index (χ3v) is 7.49. The van der Waals surface area contributed by atoms with Gasteiger partial charge in [0.05, 0.1) is 30.8 Å². The Hall–Kier alpha value is -4.03. The van der Waals surface area contributed by atoms with Crippen LogP contribution in [0, 0.1) is 12.3 Å². The minimum Gasteiger partial charge on any atom is -0.507 e. The van der Waals surface area contributed by atoms with Gasteiger partial charge in [-0.05, 0) is 38.0 Å². The molecule has 0 bridgehead atoms. The van der Waals surface area contributed by atoms with Gasteiger partial charge < -0.3 is 14.6 Å². The van der Waals surface area contributed by atoms with Crippen molar-refractivity contribution in [3.8, 4) is 11.5 Å². The van der Waals surface area contributed by atoms with Crippen molar-refractivity contribution in [2.24, 2.45) is 0 Å². The third-order valence-electron chi connectivity index (χ3n) is 7.17. The maximum Gasteiger partial charge on any atom is 0.164 e. The molecule has 0 saturated heterocycles. The number of ketones is 1. The maximum atomic E-state index is 13.7. The number of benzene rings is 3. The number of aliphatic hydroxyl groups excluding tert-OH is 1. The summed E-state index contributed by atoms with van der Waals surface area (Å²) in [7, 11) is 3.10. The average molecular weight is 529 g/mol. The van der Waals surface area contributed by atoms with Crippen LogP contribution < -0.4 is 14.4 Å². The van der Waals surface area contributed by atoms with Gasteiger partial charge in [0.1, 0.15) is 11.6 Å². The molecule has 1 aliphatic heterocycles. The Morgan fingerprint density at radius 2 is 1.74 bits per heavy atom. The normalized spacial score (nSPS) is 18.8. The smallest absolute Gasteiger partial charge is 0.164 e. The number of hydrogen-bond donors (Lipinski definition) is 2. The van der Waals surface area contributed by atoms with Crippen LogP contribution in [0.15, 0.2) is 83.6 Å². The van der Waals surface area contributed by atoms with Gasteiger partial charge in [-0.2, -0.15) is 0 Å². The molecule has 6 nitrogen and oxygen atoms in total. The van der Waals surface area contributed by atoms with E-state index in [-0.39, 0.29) is 17.4 Å². The lowest BCUT2D eigenvalue weighted by Crippen LogP contribution is -2.42. The number of nitrogens with zero attached hydrogens (tertiary/aromatic N) is 1. The number of Topliss-reactive ketones (excluding diaryl/α,β-unsaturated/α-hetero) is 1. The van der Waals surface area contributed by atoms with Crippen molar-refractivity contribution >= 4 is 34.7 Å². The van der Waals surface area contributed by atoms with E-state index in [1.165, 1.54) is 0 Å². The minimum atomic E-state index is -0.740. The quantitative estimate of drug-likeness (QED) is 0.341. The van der Waals surface area contributed by atoms with Crippen LogP contribution in [0.1, 0.15) is 41.9 Å². The second-order valence-electron chi connectivity index (χ2n) is 9.42. The Bertz CT molecular complexity index is 1490. The lowest BCUT2D eigenvalue weighted by atomic mass is 9.73. The lowest BCUT2D eigenvalue weighted by Gasteiger charge is -2.42. The van der Waals surface area contributed by atoms with E-state index in [0.29, 0.717) is 63.7 Å². The van der Waals surface area contributed by atoms with E-state index >= 15 is 0 Å². The zero-order chi connectivity index (χ0) is 27.0. The van der Waals surface area contributed by atoms with Gasteiger partial charge in [0.25, 0.3) is 0 Å². The first-order valence-electron chi connectivity index (χ1n) is 12.5. The predicted molar refractivity (Wildman–Crippen MR) is 151 cm³/mol. The molecule has 0 spiro atoms. The number of amidine groups is 1. The molecule has 0 amide bonds. The van der Waals surface area contributed by atoms with E-state index in [4.69, 9.17) is 21.1 Å². The number of aliphatic hydroxyl groups is 1. The van der Waals surface area contributed by atoms with Gasteiger partial charge in [-0.15, -0.1) is 0 Å². The van der Waals surface area contributed by atoms with Crippen molar-refractivity contribution in [2.75, 3.05) is 19.1 Å². The zero-order valence-corrected chi connectivity index (χ0v) is 22.3. The number of methoxy groups -OCH3 is 2. The van der Waals surface area contributed by atoms with E-state index in [1.807, 2.05) is 61.5 Å². The molecule has 2 N–H and O–H groups in total. The standard InChI is InChI=1S/C31H29ClN2O4/c1-18-14-16-19(17-15-18)29(36)28-26(20-8-6-13-25(37-2)30(20)38-3)27-23(11-7-12-24(27)35)34(31(28)33)22-10-5-4-9-21(22)32/h4-6,8-10,13-17,26,33,36H,7,11-12H2,1-3H3/b29-28+,33-31?. The van der Waals surface area contributed by atoms with E-state index < -0.39 is 5.92 Å². The summed E-state index contributed by atoms with van der Waals surface area (Å²) in [5.41, 5.74) is 4.38. The zero-order valence-electron chi connectivity index (χ0n) is 21.5. The fourth-order valence-electron chi connectivity index (χ4n) is 5.41. The molecule has 0 radical (unpaired) electrons. The number of rotatable bonds is 5. The Morgan fingerprint density at radius 1 is 1.00 bits per heavy atom. The monoisotopic (exact) mass is 528 g/mol. The second-order valence-corrected chi connectivity index (χ2v) is 9.82. The van der Waals surface area contributed by atoms with Crippen LogP contribution in [0.3, 0.4) is 0 Å². The van der Waals surface area contributed by atoms with Crippen molar-refractivity contribution in [3.05, 3.63) is 105 Å². The Labute approximate surface area is 227 Å². The number of carbonyl (C=O) groups excluding carboxylic acids is 1. The molecule has 194 valence electrons. The summed E-state index contributed by atoms with van der Waals surface area (Å²) in [6.07, 6.45) is 1.64. The molecule has 1 heterocycles. The molecule has 7 heteroatoms. The molecular weight excluding hydrogens is 500 g/mol. The van der Waals surface area contributed by atoms with Crippen molar-refractivity contribution < 1.29 is 19.4 Å². The number of hydrogen-bond acceptors (Lipinski definition) is 5. The molecule has 0 saturated carbocycles. The van der Waals surface area contributed by atoms with Crippen molar-refractivity contribution in [3.63, 3.8) is 0 Å². The van der Waals surface area contributed by atoms with E-state index in [0.717, 1.165) is 11.3 Å². The van der Waals surface area contributed by atoms with Crippen LogP contribution in [0.5, 0.6) is 11.5 Å². The van der Waals surface area contributed by atoms with Gasteiger partial charge >= 0.3 is 0 Å². The molecule has 3 aromatic rings. The van der Waals surface area contributed by atoms with Crippen LogP contribution in [0.4, 0.5) is 5.69 Å². The SMILES string of the molecule is COc1cccc(C2C3=C(CCCC3=O)N(c3ccccc3Cl)C(=N)/C2=C(/O)c2ccc(C)cc2)c1OC. The van der Waals surface area contributed by atoms with Crippen LogP contribution in [-0.2, 0) is 4.79 Å². The van der Waals surface area contributed by atoms with E-state index in [2.05, 4.69) is 0 Å². The second kappa shape index (κ2) is 10.4. The summed E-state index contributed by atoms with van der Waals surface area (Å²) in [6, 6.07) is 20.2. The van der Waals surface area contributed by atoms with Crippen molar-refractivity contribution in [1.82, 2.24) is 0 Å². The van der Waals surface area contributed by atoms with Crippen LogP contribution in [0.25, 0.3) is 5.76 Å². The molecule has 1 atom stereocenters. The van der Waals surface area contributed by atoms with Crippen molar-refractivity contribution in [1.29, 1.82) is 5.41 Å². The molecule has 3 aromatic carbocycles.